The van der Waals surface area contributed by atoms with Crippen LogP contribution < -0.4 is 10.2 Å². The molecule has 1 aliphatic heterocycles. The fraction of sp³-hybridized carbons (Fsp3) is 0.600. The minimum Gasteiger partial charge on any atom is -0.444 e. The number of alkyl halides is 3. The summed E-state index contributed by atoms with van der Waals surface area (Å²) in [6, 6.07) is 1.78. The van der Waals surface area contributed by atoms with E-state index in [0.717, 1.165) is 18.3 Å². The summed E-state index contributed by atoms with van der Waals surface area (Å²) in [5, 5.41) is 2.73. The second-order valence-electron chi connectivity index (χ2n) is 6.48. The normalized spacial score (nSPS) is 18.9. The van der Waals surface area contributed by atoms with Crippen molar-refractivity contribution in [3.63, 3.8) is 0 Å². The summed E-state index contributed by atoms with van der Waals surface area (Å²) in [5.41, 5.74) is -1.32. The molecule has 0 radical (unpaired) electrons. The molecule has 1 saturated heterocycles. The van der Waals surface area contributed by atoms with Gasteiger partial charge in [0.1, 0.15) is 11.4 Å². The van der Waals surface area contributed by atoms with Crippen LogP contribution in [0, 0.1) is 0 Å². The lowest BCUT2D eigenvalue weighted by Crippen LogP contribution is -2.40. The molecule has 1 fully saturated rings. The third-order valence-corrected chi connectivity index (χ3v) is 3.31. The van der Waals surface area contributed by atoms with Gasteiger partial charge in [0, 0.05) is 19.3 Å². The standard InChI is InChI=1S/C15H20F3N3O2/c1-14(2,3)23-13(22)20-11-5-7-21(9-11)12-8-10(4-6-19-12)15(16,17)18/h4,6,8,11H,5,7,9H2,1-3H3,(H,20,22)/t11-/m1/s1. The van der Waals surface area contributed by atoms with Crippen LogP contribution in [-0.4, -0.2) is 35.8 Å². The molecule has 128 valence electrons. The third kappa shape index (κ3) is 5.01. The molecule has 1 N–H and O–H groups in total. The lowest BCUT2D eigenvalue weighted by atomic mass is 10.2. The number of amides is 1. The number of halogens is 3. The predicted octanol–water partition coefficient (Wildman–Crippen LogP) is 3.20. The van der Waals surface area contributed by atoms with Crippen LogP contribution in [0.5, 0.6) is 0 Å². The Morgan fingerprint density at radius 3 is 2.70 bits per heavy atom. The van der Waals surface area contributed by atoms with Crippen molar-refractivity contribution in [3.8, 4) is 0 Å². The highest BCUT2D eigenvalue weighted by molar-refractivity contribution is 5.68. The molecule has 1 aromatic heterocycles. The lowest BCUT2D eigenvalue weighted by molar-refractivity contribution is -0.137. The molecule has 0 aliphatic carbocycles. The van der Waals surface area contributed by atoms with E-state index in [2.05, 4.69) is 10.3 Å². The maximum absolute atomic E-state index is 12.7. The molecule has 1 aromatic rings. The number of nitrogens with one attached hydrogen (secondary N) is 1. The quantitative estimate of drug-likeness (QED) is 0.904. The van der Waals surface area contributed by atoms with Gasteiger partial charge in [-0.05, 0) is 39.3 Å². The number of pyridine rings is 1. The molecule has 1 aliphatic rings. The van der Waals surface area contributed by atoms with Gasteiger partial charge in [-0.2, -0.15) is 13.2 Å². The Balaban J connectivity index is 1.97. The van der Waals surface area contributed by atoms with Crippen LogP contribution in [0.2, 0.25) is 0 Å². The first-order valence-electron chi connectivity index (χ1n) is 7.32. The van der Waals surface area contributed by atoms with Crippen LogP contribution in [-0.2, 0) is 10.9 Å². The van der Waals surface area contributed by atoms with Crippen LogP contribution in [0.4, 0.5) is 23.8 Å². The van der Waals surface area contributed by atoms with Crippen LogP contribution in [0.3, 0.4) is 0 Å². The molecular weight excluding hydrogens is 311 g/mol. The molecule has 5 nitrogen and oxygen atoms in total. The minimum atomic E-state index is -4.40. The molecule has 0 spiro atoms. The first-order valence-corrected chi connectivity index (χ1v) is 7.32. The second kappa shape index (κ2) is 6.25. The van der Waals surface area contributed by atoms with Crippen LogP contribution in [0.25, 0.3) is 0 Å². The monoisotopic (exact) mass is 331 g/mol. The van der Waals surface area contributed by atoms with Crippen LogP contribution in [0.1, 0.15) is 32.8 Å². The van der Waals surface area contributed by atoms with Crippen molar-refractivity contribution < 1.29 is 22.7 Å². The molecule has 1 amide bonds. The summed E-state index contributed by atoms with van der Waals surface area (Å²) in [6.45, 7) is 6.21. The molecule has 0 saturated carbocycles. The molecule has 0 bridgehead atoms. The second-order valence-corrected chi connectivity index (χ2v) is 6.48. The van der Waals surface area contributed by atoms with Gasteiger partial charge in [0.25, 0.3) is 0 Å². The van der Waals surface area contributed by atoms with Crippen molar-refractivity contribution in [2.24, 2.45) is 0 Å². The van der Waals surface area contributed by atoms with Crippen LogP contribution in [0.15, 0.2) is 18.3 Å². The molecular formula is C15H20F3N3O2. The average Bonchev–Trinajstić information content (AvgIpc) is 2.84. The minimum absolute atomic E-state index is 0.179. The zero-order chi connectivity index (χ0) is 17.3. The molecule has 8 heteroatoms. The molecule has 2 heterocycles. The van der Waals surface area contributed by atoms with Gasteiger partial charge in [-0.1, -0.05) is 0 Å². The van der Waals surface area contributed by atoms with Gasteiger partial charge < -0.3 is 15.0 Å². The number of alkyl carbamates (subject to hydrolysis) is 1. The number of nitrogens with zero attached hydrogens (tertiary/aromatic N) is 2. The summed E-state index contributed by atoms with van der Waals surface area (Å²) in [5.74, 6) is 0.258. The average molecular weight is 331 g/mol. The van der Waals surface area contributed by atoms with E-state index >= 15 is 0 Å². The maximum Gasteiger partial charge on any atom is 0.416 e. The van der Waals surface area contributed by atoms with Crippen molar-refractivity contribution in [1.82, 2.24) is 10.3 Å². The third-order valence-electron chi connectivity index (χ3n) is 3.31. The van der Waals surface area contributed by atoms with Gasteiger partial charge >= 0.3 is 12.3 Å². The first kappa shape index (κ1) is 17.4. The van der Waals surface area contributed by atoms with E-state index in [9.17, 15) is 18.0 Å². The number of hydrogen-bond acceptors (Lipinski definition) is 4. The van der Waals surface area contributed by atoms with Gasteiger partial charge in [0.15, 0.2) is 0 Å². The maximum atomic E-state index is 12.7. The summed E-state index contributed by atoms with van der Waals surface area (Å²) in [4.78, 5) is 17.4. The van der Waals surface area contributed by atoms with E-state index in [1.165, 1.54) is 0 Å². The van der Waals surface area contributed by atoms with E-state index in [1.54, 1.807) is 25.7 Å². The van der Waals surface area contributed by atoms with Crippen molar-refractivity contribution in [3.05, 3.63) is 23.9 Å². The lowest BCUT2D eigenvalue weighted by Gasteiger charge is -2.22. The SMILES string of the molecule is CC(C)(C)OC(=O)N[C@@H]1CCN(c2cc(C(F)(F)F)ccn2)C1. The topological polar surface area (TPSA) is 54.5 Å². The Bertz CT molecular complexity index is 570. The van der Waals surface area contributed by atoms with Gasteiger partial charge in [-0.3, -0.25) is 0 Å². The summed E-state index contributed by atoms with van der Waals surface area (Å²) >= 11 is 0. The zero-order valence-electron chi connectivity index (χ0n) is 13.3. The van der Waals surface area contributed by atoms with Gasteiger partial charge in [-0.25, -0.2) is 9.78 Å². The highest BCUT2D eigenvalue weighted by atomic mass is 19.4. The van der Waals surface area contributed by atoms with Gasteiger partial charge in [0.05, 0.1) is 11.6 Å². The van der Waals surface area contributed by atoms with Crippen molar-refractivity contribution in [1.29, 1.82) is 0 Å². The Kier molecular flexibility index (Phi) is 4.72. The van der Waals surface area contributed by atoms with Crippen LogP contribution >= 0.6 is 0 Å². The van der Waals surface area contributed by atoms with E-state index in [-0.39, 0.29) is 11.9 Å². The molecule has 1 atom stereocenters. The Hall–Kier alpha value is -1.99. The summed E-state index contributed by atoms with van der Waals surface area (Å²) in [7, 11) is 0. The Labute approximate surface area is 132 Å². The van der Waals surface area contributed by atoms with Crippen molar-refractivity contribution in [2.75, 3.05) is 18.0 Å². The van der Waals surface area contributed by atoms with E-state index in [1.807, 2.05) is 0 Å². The summed E-state index contributed by atoms with van der Waals surface area (Å²) < 4.78 is 43.4. The Morgan fingerprint density at radius 2 is 2.09 bits per heavy atom. The molecule has 23 heavy (non-hydrogen) atoms. The Morgan fingerprint density at radius 1 is 1.39 bits per heavy atom. The number of ether oxygens (including phenoxy) is 1. The van der Waals surface area contributed by atoms with E-state index < -0.39 is 23.4 Å². The number of hydrogen-bond donors (Lipinski definition) is 1. The zero-order valence-corrected chi connectivity index (χ0v) is 13.3. The smallest absolute Gasteiger partial charge is 0.416 e. The highest BCUT2D eigenvalue weighted by Gasteiger charge is 2.32. The first-order chi connectivity index (χ1) is 10.5. The fourth-order valence-electron chi connectivity index (χ4n) is 2.33. The van der Waals surface area contributed by atoms with Crippen molar-refractivity contribution >= 4 is 11.9 Å². The largest absolute Gasteiger partial charge is 0.444 e. The van der Waals surface area contributed by atoms with Crippen molar-refractivity contribution in [2.45, 2.75) is 45.0 Å². The van der Waals surface area contributed by atoms with Gasteiger partial charge in [-0.15, -0.1) is 0 Å². The van der Waals surface area contributed by atoms with Gasteiger partial charge in [0.2, 0.25) is 0 Å². The molecule has 0 unspecified atom stereocenters. The summed E-state index contributed by atoms with van der Waals surface area (Å²) in [6.07, 6.45) is -3.16. The number of aromatic nitrogens is 1. The number of carbonyl (C=O) groups excluding carboxylic acids is 1. The fourth-order valence-corrected chi connectivity index (χ4v) is 2.33. The highest BCUT2D eigenvalue weighted by Crippen LogP contribution is 2.31. The number of anilines is 1. The van der Waals surface area contributed by atoms with E-state index in [4.69, 9.17) is 4.74 Å². The predicted molar refractivity (Wildman–Crippen MR) is 79.2 cm³/mol. The number of carbonyl (C=O) groups is 1. The van der Waals surface area contributed by atoms with E-state index in [0.29, 0.717) is 19.5 Å². The number of rotatable bonds is 2. The molecule has 2 rings (SSSR count). The molecule has 0 aromatic carbocycles.